The number of alkyl halides is 3. The Morgan fingerprint density at radius 3 is 2.42 bits per heavy atom. The Balaban J connectivity index is 1.69. The number of hydrogen-bond acceptors (Lipinski definition) is 4. The lowest BCUT2D eigenvalue weighted by Gasteiger charge is -2.25. The number of aromatic nitrogens is 1. The Morgan fingerprint density at radius 1 is 1.13 bits per heavy atom. The minimum Gasteiger partial charge on any atom is -0.486 e. The molecule has 2 fully saturated rings. The highest BCUT2D eigenvalue weighted by atomic mass is 19.4. The molecule has 4 rings (SSSR count). The third-order valence-electron chi connectivity index (χ3n) is 5.77. The second kappa shape index (κ2) is 7.51. The minimum absolute atomic E-state index is 0.0191. The van der Waals surface area contributed by atoms with Crippen LogP contribution < -0.4 is 15.4 Å². The molecule has 1 aromatic heterocycles. The molecule has 2 aliphatic heterocycles. The molecule has 8 heteroatoms. The van der Waals surface area contributed by atoms with Crippen LogP contribution in [0, 0.1) is 0 Å². The number of carbonyl (C=O) groups is 1. The van der Waals surface area contributed by atoms with Gasteiger partial charge in [0.2, 0.25) is 5.91 Å². The number of carbonyl (C=O) groups excluding carboxylic acids is 1. The van der Waals surface area contributed by atoms with Crippen LogP contribution in [0.1, 0.15) is 57.3 Å². The SMILES string of the molecule is CC(C)(C)Oc1cnc([C@H]2CC[C@@]3(CCNC3=O)N2)cc1-c1ccc(C(F)(F)F)cc1. The smallest absolute Gasteiger partial charge is 0.416 e. The summed E-state index contributed by atoms with van der Waals surface area (Å²) < 4.78 is 45.0. The molecule has 31 heavy (non-hydrogen) atoms. The first-order chi connectivity index (χ1) is 14.5. The van der Waals surface area contributed by atoms with Gasteiger partial charge in [-0.1, -0.05) is 12.1 Å². The van der Waals surface area contributed by atoms with Crippen molar-refractivity contribution in [2.45, 2.75) is 63.4 Å². The van der Waals surface area contributed by atoms with E-state index < -0.39 is 22.9 Å². The van der Waals surface area contributed by atoms with Crippen LogP contribution in [0.4, 0.5) is 13.2 Å². The van der Waals surface area contributed by atoms with Crippen LogP contribution in [-0.2, 0) is 11.0 Å². The van der Waals surface area contributed by atoms with E-state index in [1.807, 2.05) is 26.8 Å². The molecule has 1 spiro atoms. The number of halogens is 3. The number of nitrogens with zero attached hydrogens (tertiary/aromatic N) is 1. The second-order valence-corrected chi connectivity index (χ2v) is 9.22. The number of amides is 1. The molecule has 0 unspecified atom stereocenters. The first kappa shape index (κ1) is 21.6. The van der Waals surface area contributed by atoms with E-state index in [4.69, 9.17) is 4.74 Å². The molecule has 166 valence electrons. The highest BCUT2D eigenvalue weighted by Crippen LogP contribution is 2.40. The van der Waals surface area contributed by atoms with Gasteiger partial charge in [-0.05, 0) is 63.8 Å². The molecule has 2 atom stereocenters. The zero-order valence-electron chi connectivity index (χ0n) is 17.8. The van der Waals surface area contributed by atoms with Gasteiger partial charge < -0.3 is 10.1 Å². The lowest BCUT2D eigenvalue weighted by Crippen LogP contribution is -2.47. The third-order valence-corrected chi connectivity index (χ3v) is 5.77. The third kappa shape index (κ3) is 4.39. The lowest BCUT2D eigenvalue weighted by atomic mass is 9.96. The Bertz CT molecular complexity index is 983. The Hall–Kier alpha value is -2.61. The van der Waals surface area contributed by atoms with E-state index in [2.05, 4.69) is 15.6 Å². The summed E-state index contributed by atoms with van der Waals surface area (Å²) in [7, 11) is 0. The number of pyridine rings is 1. The quantitative estimate of drug-likeness (QED) is 0.741. The van der Waals surface area contributed by atoms with Crippen molar-refractivity contribution in [3.05, 3.63) is 47.8 Å². The van der Waals surface area contributed by atoms with Crippen molar-refractivity contribution in [1.82, 2.24) is 15.6 Å². The van der Waals surface area contributed by atoms with Crippen LogP contribution in [0.15, 0.2) is 36.5 Å². The van der Waals surface area contributed by atoms with E-state index in [-0.39, 0.29) is 11.9 Å². The maximum absolute atomic E-state index is 13.0. The van der Waals surface area contributed by atoms with Crippen LogP contribution in [-0.4, -0.2) is 28.6 Å². The molecule has 1 aromatic carbocycles. The number of nitrogens with one attached hydrogen (secondary N) is 2. The topological polar surface area (TPSA) is 63.2 Å². The van der Waals surface area contributed by atoms with Crippen molar-refractivity contribution < 1.29 is 22.7 Å². The van der Waals surface area contributed by atoms with Gasteiger partial charge in [-0.25, -0.2) is 0 Å². The average molecular weight is 433 g/mol. The number of ether oxygens (including phenoxy) is 1. The summed E-state index contributed by atoms with van der Waals surface area (Å²) in [6.45, 7) is 6.36. The number of hydrogen-bond donors (Lipinski definition) is 2. The van der Waals surface area contributed by atoms with Crippen LogP contribution in [0.25, 0.3) is 11.1 Å². The zero-order chi connectivity index (χ0) is 22.4. The highest BCUT2D eigenvalue weighted by molar-refractivity contribution is 5.88. The molecule has 5 nitrogen and oxygen atoms in total. The van der Waals surface area contributed by atoms with E-state index in [0.717, 1.165) is 37.1 Å². The average Bonchev–Trinajstić information content (AvgIpc) is 3.27. The first-order valence-corrected chi connectivity index (χ1v) is 10.4. The van der Waals surface area contributed by atoms with Crippen molar-refractivity contribution in [3.8, 4) is 16.9 Å². The normalized spacial score (nSPS) is 23.9. The lowest BCUT2D eigenvalue weighted by molar-refractivity contribution is -0.137. The van der Waals surface area contributed by atoms with Gasteiger partial charge in [0.25, 0.3) is 0 Å². The summed E-state index contributed by atoms with van der Waals surface area (Å²) in [6, 6.07) is 6.79. The zero-order valence-corrected chi connectivity index (χ0v) is 17.8. The molecule has 0 radical (unpaired) electrons. The first-order valence-electron chi connectivity index (χ1n) is 10.4. The Morgan fingerprint density at radius 2 is 1.84 bits per heavy atom. The number of benzene rings is 1. The van der Waals surface area contributed by atoms with Crippen LogP contribution in [0.5, 0.6) is 5.75 Å². The molecule has 1 amide bonds. The molecule has 2 N–H and O–H groups in total. The highest BCUT2D eigenvalue weighted by Gasteiger charge is 2.48. The summed E-state index contributed by atoms with van der Waals surface area (Å²) >= 11 is 0. The van der Waals surface area contributed by atoms with E-state index >= 15 is 0 Å². The van der Waals surface area contributed by atoms with Crippen molar-refractivity contribution in [2.24, 2.45) is 0 Å². The van der Waals surface area contributed by atoms with Crippen molar-refractivity contribution in [3.63, 3.8) is 0 Å². The Kier molecular flexibility index (Phi) is 5.24. The number of rotatable bonds is 3. The standard InChI is InChI=1S/C23H26F3N3O2/c1-21(2,3)31-19-13-28-18(17-8-9-22(29-17)10-11-27-20(22)30)12-16(19)14-4-6-15(7-5-14)23(24,25)26/h4-7,12-13,17,29H,8-11H2,1-3H3,(H,27,30)/t17-,22+/m1/s1. The summed E-state index contributed by atoms with van der Waals surface area (Å²) in [6.07, 6.45) is -0.557. The summed E-state index contributed by atoms with van der Waals surface area (Å²) in [4.78, 5) is 16.8. The van der Waals surface area contributed by atoms with Gasteiger partial charge in [-0.15, -0.1) is 0 Å². The molecular formula is C23H26F3N3O2. The summed E-state index contributed by atoms with van der Waals surface area (Å²) in [5.74, 6) is 0.521. The molecule has 2 aromatic rings. The van der Waals surface area contributed by atoms with Crippen molar-refractivity contribution in [2.75, 3.05) is 6.54 Å². The van der Waals surface area contributed by atoms with E-state index in [1.165, 1.54) is 12.1 Å². The molecule has 0 saturated carbocycles. The van der Waals surface area contributed by atoms with Gasteiger partial charge in [0.15, 0.2) is 0 Å². The van der Waals surface area contributed by atoms with Gasteiger partial charge in [0.1, 0.15) is 16.9 Å². The molecule has 0 bridgehead atoms. The maximum atomic E-state index is 13.0. The fourth-order valence-corrected chi connectivity index (χ4v) is 4.26. The Labute approximate surface area is 179 Å². The van der Waals surface area contributed by atoms with Crippen molar-refractivity contribution in [1.29, 1.82) is 0 Å². The minimum atomic E-state index is -4.39. The predicted octanol–water partition coefficient (Wildman–Crippen LogP) is 4.63. The van der Waals surface area contributed by atoms with Gasteiger partial charge in [0.05, 0.1) is 23.5 Å². The van der Waals surface area contributed by atoms with Crippen LogP contribution >= 0.6 is 0 Å². The van der Waals surface area contributed by atoms with Crippen molar-refractivity contribution >= 4 is 5.91 Å². The van der Waals surface area contributed by atoms with Gasteiger partial charge in [-0.2, -0.15) is 13.2 Å². The fraction of sp³-hybridized carbons (Fsp3) is 0.478. The predicted molar refractivity (Wildman–Crippen MR) is 111 cm³/mol. The molecular weight excluding hydrogens is 407 g/mol. The largest absolute Gasteiger partial charge is 0.486 e. The van der Waals surface area contributed by atoms with Gasteiger partial charge in [-0.3, -0.25) is 15.1 Å². The maximum Gasteiger partial charge on any atom is 0.416 e. The van der Waals surface area contributed by atoms with Gasteiger partial charge in [0, 0.05) is 12.1 Å². The van der Waals surface area contributed by atoms with E-state index in [1.54, 1.807) is 6.20 Å². The van der Waals surface area contributed by atoms with Crippen LogP contribution in [0.3, 0.4) is 0 Å². The van der Waals surface area contributed by atoms with E-state index in [9.17, 15) is 18.0 Å². The molecule has 2 aliphatic rings. The molecule has 2 saturated heterocycles. The monoisotopic (exact) mass is 433 g/mol. The molecule has 3 heterocycles. The fourth-order valence-electron chi connectivity index (χ4n) is 4.26. The summed E-state index contributed by atoms with van der Waals surface area (Å²) in [5.41, 5.74) is 0.279. The second-order valence-electron chi connectivity index (χ2n) is 9.22. The van der Waals surface area contributed by atoms with Gasteiger partial charge >= 0.3 is 6.18 Å². The van der Waals surface area contributed by atoms with E-state index in [0.29, 0.717) is 23.4 Å². The van der Waals surface area contributed by atoms with Crippen LogP contribution in [0.2, 0.25) is 0 Å². The summed E-state index contributed by atoms with van der Waals surface area (Å²) in [5, 5.41) is 6.32. The molecule has 0 aliphatic carbocycles.